The number of imidazole rings is 1. The van der Waals surface area contributed by atoms with Crippen molar-refractivity contribution in [1.82, 2.24) is 14.7 Å². The highest BCUT2D eigenvalue weighted by Crippen LogP contribution is 2.31. The van der Waals surface area contributed by atoms with Crippen LogP contribution in [0, 0.1) is 6.92 Å². The van der Waals surface area contributed by atoms with E-state index in [1.165, 1.54) is 22.6 Å². The number of halogens is 2. The number of nitrogens with one attached hydrogen (secondary N) is 1. The van der Waals surface area contributed by atoms with Gasteiger partial charge in [-0.25, -0.2) is 4.98 Å². The number of fused-ring (bicyclic) bond motifs is 1. The maximum Gasteiger partial charge on any atom is 0.207 e. The van der Waals surface area contributed by atoms with Crippen molar-refractivity contribution in [3.05, 3.63) is 98.9 Å². The van der Waals surface area contributed by atoms with Gasteiger partial charge in [-0.15, -0.1) is 0 Å². The molecule has 1 amide bonds. The summed E-state index contributed by atoms with van der Waals surface area (Å²) in [6, 6.07) is 20.8. The normalized spacial score (nSPS) is 13.8. The van der Waals surface area contributed by atoms with Crippen LogP contribution in [-0.4, -0.2) is 28.9 Å². The van der Waals surface area contributed by atoms with Gasteiger partial charge in [0.1, 0.15) is 5.65 Å². The number of anilines is 1. The Morgan fingerprint density at radius 1 is 1.06 bits per heavy atom. The molecule has 2 aromatic carbocycles. The first-order valence-electron chi connectivity index (χ1n) is 12.4. The predicted molar refractivity (Wildman–Crippen MR) is 152 cm³/mol. The van der Waals surface area contributed by atoms with Crippen molar-refractivity contribution < 1.29 is 4.79 Å². The van der Waals surface area contributed by atoms with Crippen LogP contribution in [0.3, 0.4) is 0 Å². The van der Waals surface area contributed by atoms with Crippen molar-refractivity contribution in [2.45, 2.75) is 45.6 Å². The summed E-state index contributed by atoms with van der Waals surface area (Å²) in [7, 11) is 0. The highest BCUT2D eigenvalue weighted by atomic mass is 79.9. The number of piperidine rings is 1. The molecule has 36 heavy (non-hydrogen) atoms. The molecule has 1 aliphatic rings. The smallest absolute Gasteiger partial charge is 0.207 e. The second-order valence-corrected chi connectivity index (χ2v) is 10.4. The third-order valence-corrected chi connectivity index (χ3v) is 7.50. The van der Waals surface area contributed by atoms with Gasteiger partial charge in [-0.2, -0.15) is 0 Å². The number of pyridine rings is 1. The van der Waals surface area contributed by atoms with Crippen LogP contribution in [0.1, 0.15) is 48.2 Å². The van der Waals surface area contributed by atoms with E-state index in [2.05, 4.69) is 92.0 Å². The summed E-state index contributed by atoms with van der Waals surface area (Å²) in [4.78, 5) is 17.3. The van der Waals surface area contributed by atoms with Crippen molar-refractivity contribution in [1.29, 1.82) is 0 Å². The van der Waals surface area contributed by atoms with Crippen LogP contribution in [-0.2, 0) is 17.8 Å². The van der Waals surface area contributed by atoms with Crippen molar-refractivity contribution in [2.75, 3.05) is 18.0 Å². The third kappa shape index (κ3) is 6.48. The molecule has 188 valence electrons. The van der Waals surface area contributed by atoms with Crippen molar-refractivity contribution >= 4 is 45.3 Å². The van der Waals surface area contributed by atoms with E-state index in [-0.39, 0.29) is 0 Å². The maximum absolute atomic E-state index is 10.3. The van der Waals surface area contributed by atoms with E-state index in [1.54, 1.807) is 0 Å². The molecule has 0 aliphatic carbocycles. The second kappa shape index (κ2) is 12.4. The fourth-order valence-electron chi connectivity index (χ4n) is 4.71. The van der Waals surface area contributed by atoms with Crippen molar-refractivity contribution in [3.8, 4) is 0 Å². The Hall–Kier alpha value is -2.83. The molecule has 4 aromatic rings. The number of nitrogens with zero attached hydrogens (tertiary/aromatic N) is 3. The molecular weight excluding hydrogens is 536 g/mol. The number of aromatic nitrogens is 2. The van der Waals surface area contributed by atoms with E-state index in [0.29, 0.717) is 12.5 Å². The zero-order chi connectivity index (χ0) is 25.5. The molecule has 7 heteroatoms. The highest BCUT2D eigenvalue weighted by molar-refractivity contribution is 9.10. The highest BCUT2D eigenvalue weighted by Gasteiger charge is 2.20. The summed E-state index contributed by atoms with van der Waals surface area (Å²) in [5.74, 6) is 0.625. The van der Waals surface area contributed by atoms with Gasteiger partial charge in [-0.1, -0.05) is 42.8 Å². The SMILES string of the molecule is CCc1nc2ccc(Br)cn2c1C.O=CNCc1ccc(N2CCC(c3ccc(Cl)cc3)CC2)cc1. The van der Waals surface area contributed by atoms with Gasteiger partial charge in [-0.3, -0.25) is 4.79 Å². The number of carbonyl (C=O) groups excluding carboxylic acids is 1. The summed E-state index contributed by atoms with van der Waals surface area (Å²) >= 11 is 9.42. The van der Waals surface area contributed by atoms with Gasteiger partial charge in [-0.05, 0) is 95.6 Å². The van der Waals surface area contributed by atoms with E-state index in [0.717, 1.165) is 59.5 Å². The molecule has 3 heterocycles. The number of carbonyl (C=O) groups is 1. The minimum Gasteiger partial charge on any atom is -0.371 e. The van der Waals surface area contributed by atoms with Gasteiger partial charge in [0, 0.05) is 46.7 Å². The number of amides is 1. The largest absolute Gasteiger partial charge is 0.371 e. The number of hydrogen-bond donors (Lipinski definition) is 1. The standard InChI is InChI=1S/C19H21ClN2O.C10H11BrN2/c20-18-5-3-16(4-6-18)17-9-11-22(12-10-17)19-7-1-15(2-8-19)13-21-14-23;1-3-9-7(2)13-6-8(11)4-5-10(13)12-9/h1-8,14,17H,9-13H2,(H,21,23);4-6H,3H2,1-2H3. The Morgan fingerprint density at radius 3 is 2.39 bits per heavy atom. The van der Waals surface area contributed by atoms with Gasteiger partial charge in [0.05, 0.1) is 5.69 Å². The monoisotopic (exact) mass is 566 g/mol. The van der Waals surface area contributed by atoms with E-state index in [4.69, 9.17) is 11.6 Å². The number of aryl methyl sites for hydroxylation is 2. The van der Waals surface area contributed by atoms with E-state index >= 15 is 0 Å². The molecule has 2 aromatic heterocycles. The molecule has 1 aliphatic heterocycles. The fourth-order valence-corrected chi connectivity index (χ4v) is 5.17. The molecule has 1 saturated heterocycles. The lowest BCUT2D eigenvalue weighted by Gasteiger charge is -2.34. The molecule has 0 spiro atoms. The van der Waals surface area contributed by atoms with E-state index < -0.39 is 0 Å². The van der Waals surface area contributed by atoms with Crippen LogP contribution in [0.5, 0.6) is 0 Å². The third-order valence-electron chi connectivity index (χ3n) is 6.78. The van der Waals surface area contributed by atoms with Gasteiger partial charge in [0.2, 0.25) is 6.41 Å². The predicted octanol–water partition coefficient (Wildman–Crippen LogP) is 6.94. The molecule has 0 unspecified atom stereocenters. The molecule has 0 bridgehead atoms. The zero-order valence-electron chi connectivity index (χ0n) is 20.8. The Labute approximate surface area is 226 Å². The first-order chi connectivity index (χ1) is 17.5. The molecular formula is C29H32BrClN4O. The van der Waals surface area contributed by atoms with Gasteiger partial charge in [0.15, 0.2) is 0 Å². The van der Waals surface area contributed by atoms with Gasteiger partial charge >= 0.3 is 0 Å². The fraction of sp³-hybridized carbons (Fsp3) is 0.310. The quantitative estimate of drug-likeness (QED) is 0.257. The maximum atomic E-state index is 10.3. The minimum atomic E-state index is 0.586. The average molecular weight is 568 g/mol. The van der Waals surface area contributed by atoms with E-state index in [9.17, 15) is 4.79 Å². The molecule has 5 rings (SSSR count). The molecule has 0 radical (unpaired) electrons. The van der Waals surface area contributed by atoms with Crippen LogP contribution < -0.4 is 10.2 Å². The van der Waals surface area contributed by atoms with Gasteiger partial charge < -0.3 is 14.6 Å². The lowest BCUT2D eigenvalue weighted by atomic mass is 9.89. The summed E-state index contributed by atoms with van der Waals surface area (Å²) in [5, 5.41) is 3.49. The lowest BCUT2D eigenvalue weighted by molar-refractivity contribution is -0.109. The molecule has 0 atom stereocenters. The topological polar surface area (TPSA) is 49.6 Å². The minimum absolute atomic E-state index is 0.586. The lowest BCUT2D eigenvalue weighted by Crippen LogP contribution is -2.32. The van der Waals surface area contributed by atoms with Crippen molar-refractivity contribution in [2.24, 2.45) is 0 Å². The van der Waals surface area contributed by atoms with Crippen LogP contribution in [0.2, 0.25) is 5.02 Å². The number of benzene rings is 2. The summed E-state index contributed by atoms with van der Waals surface area (Å²) in [5.41, 5.74) is 7.21. The summed E-state index contributed by atoms with van der Waals surface area (Å²) in [6.07, 6.45) is 6.10. The van der Waals surface area contributed by atoms with Crippen molar-refractivity contribution in [3.63, 3.8) is 0 Å². The first kappa shape index (κ1) is 26.2. The Morgan fingerprint density at radius 2 is 1.75 bits per heavy atom. The first-order valence-corrected chi connectivity index (χ1v) is 13.5. The van der Waals surface area contributed by atoms with Gasteiger partial charge in [0.25, 0.3) is 0 Å². The summed E-state index contributed by atoms with van der Waals surface area (Å²) < 4.78 is 3.20. The Kier molecular flexibility index (Phi) is 9.05. The van der Waals surface area contributed by atoms with Crippen LogP contribution in [0.4, 0.5) is 5.69 Å². The molecule has 1 fully saturated rings. The average Bonchev–Trinajstić information content (AvgIpc) is 3.23. The summed E-state index contributed by atoms with van der Waals surface area (Å²) in [6.45, 7) is 6.95. The van der Waals surface area contributed by atoms with E-state index in [1.807, 2.05) is 24.3 Å². The van der Waals surface area contributed by atoms with Crippen LogP contribution in [0.15, 0.2) is 71.3 Å². The zero-order valence-corrected chi connectivity index (χ0v) is 23.1. The molecule has 5 nitrogen and oxygen atoms in total. The van der Waals surface area contributed by atoms with Crippen LogP contribution in [0.25, 0.3) is 5.65 Å². The molecule has 1 N–H and O–H groups in total. The van der Waals surface area contributed by atoms with Crippen LogP contribution >= 0.6 is 27.5 Å². The molecule has 0 saturated carbocycles. The number of rotatable bonds is 6. The Bertz CT molecular complexity index is 1280. The Balaban J connectivity index is 0.000000197. The second-order valence-electron chi connectivity index (χ2n) is 9.05. The number of hydrogen-bond acceptors (Lipinski definition) is 3.